The number of aliphatic carboxylic acids is 1. The molecule has 1 aliphatic rings. The highest BCUT2D eigenvalue weighted by Gasteiger charge is 2.29. The van der Waals surface area contributed by atoms with Crippen molar-refractivity contribution >= 4 is 33.7 Å². The average Bonchev–Trinajstić information content (AvgIpc) is 2.40. The summed E-state index contributed by atoms with van der Waals surface area (Å²) in [7, 11) is 0. The summed E-state index contributed by atoms with van der Waals surface area (Å²) in [5.74, 6) is -1.64. The topological polar surface area (TPSA) is 77.9 Å². The van der Waals surface area contributed by atoms with Crippen LogP contribution in [0.2, 0.25) is 0 Å². The highest BCUT2D eigenvalue weighted by atomic mass is 79.9. The number of halogens is 1. The predicted molar refractivity (Wildman–Crippen MR) is 74.3 cm³/mol. The number of rotatable bonds is 3. The van der Waals surface area contributed by atoms with Gasteiger partial charge in [-0.2, -0.15) is 0 Å². The largest absolute Gasteiger partial charge is 0.480 e. The van der Waals surface area contributed by atoms with Gasteiger partial charge in [0.05, 0.1) is 5.56 Å². The van der Waals surface area contributed by atoms with Crippen LogP contribution < -0.4 is 0 Å². The fraction of sp³-hybridized carbons (Fsp3) is 0.308. The van der Waals surface area contributed by atoms with Crippen molar-refractivity contribution in [3.63, 3.8) is 0 Å². The van der Waals surface area contributed by atoms with Crippen molar-refractivity contribution < 1.29 is 19.5 Å². The van der Waals surface area contributed by atoms with Crippen LogP contribution in [0.5, 0.6) is 0 Å². The van der Waals surface area contributed by atoms with Crippen LogP contribution in [0.15, 0.2) is 28.7 Å². The summed E-state index contributed by atoms with van der Waals surface area (Å²) >= 11 is 3.30. The molecule has 0 spiro atoms. The molecule has 0 radical (unpaired) electrons. The highest BCUT2D eigenvalue weighted by molar-refractivity contribution is 9.10. The molecule has 2 rings (SSSR count). The molecule has 1 aromatic rings. The fourth-order valence-electron chi connectivity index (χ4n) is 2.02. The summed E-state index contributed by atoms with van der Waals surface area (Å²) in [6, 6.07) is 6.99. The summed E-state index contributed by atoms with van der Waals surface area (Å²) in [6.07, 6.45) is 0. The molecule has 1 fully saturated rings. The Morgan fingerprint density at radius 3 is 2.55 bits per heavy atom. The van der Waals surface area contributed by atoms with Gasteiger partial charge < -0.3 is 14.9 Å². The van der Waals surface area contributed by atoms with Gasteiger partial charge in [-0.1, -0.05) is 12.1 Å². The normalized spacial score (nSPS) is 15.3. The van der Waals surface area contributed by atoms with E-state index in [0.717, 1.165) is 0 Å². The van der Waals surface area contributed by atoms with Gasteiger partial charge in [0.25, 0.3) is 5.91 Å². The van der Waals surface area contributed by atoms with Gasteiger partial charge >= 0.3 is 5.97 Å². The third-order valence-electron chi connectivity index (χ3n) is 3.04. The second kappa shape index (κ2) is 6.04. The summed E-state index contributed by atoms with van der Waals surface area (Å²) in [6.45, 7) is 0.157. The minimum Gasteiger partial charge on any atom is -0.480 e. The molecule has 1 aliphatic heterocycles. The number of benzene rings is 1. The van der Waals surface area contributed by atoms with E-state index in [1.807, 2.05) is 0 Å². The number of carboxylic acid groups (broad SMARTS) is 1. The van der Waals surface area contributed by atoms with Crippen molar-refractivity contribution in [1.82, 2.24) is 9.80 Å². The molecule has 106 valence electrons. The first-order chi connectivity index (χ1) is 9.49. The highest BCUT2D eigenvalue weighted by Crippen LogP contribution is 2.18. The minimum absolute atomic E-state index is 0.0898. The molecule has 6 nitrogen and oxygen atoms in total. The molecule has 1 aromatic carbocycles. The Hall–Kier alpha value is -1.89. The zero-order valence-electron chi connectivity index (χ0n) is 10.6. The maximum absolute atomic E-state index is 12.3. The van der Waals surface area contributed by atoms with E-state index in [1.54, 1.807) is 24.3 Å². The molecule has 0 bridgehead atoms. The molecular weight excluding hydrogens is 328 g/mol. The van der Waals surface area contributed by atoms with Gasteiger partial charge in [-0.05, 0) is 28.1 Å². The molecule has 0 aliphatic carbocycles. The lowest BCUT2D eigenvalue weighted by Gasteiger charge is -2.33. The van der Waals surface area contributed by atoms with Crippen LogP contribution in [-0.2, 0) is 9.59 Å². The van der Waals surface area contributed by atoms with Crippen molar-refractivity contribution in [2.45, 2.75) is 0 Å². The average molecular weight is 341 g/mol. The van der Waals surface area contributed by atoms with Gasteiger partial charge in [-0.3, -0.25) is 14.4 Å². The van der Waals surface area contributed by atoms with E-state index in [-0.39, 0.29) is 31.4 Å². The zero-order chi connectivity index (χ0) is 14.7. The number of carbonyl (C=O) groups is 3. The predicted octanol–water partition coefficient (Wildman–Crippen LogP) is 0.818. The van der Waals surface area contributed by atoms with Crippen LogP contribution in [0, 0.1) is 0 Å². The first kappa shape index (κ1) is 14.5. The molecule has 20 heavy (non-hydrogen) atoms. The monoisotopic (exact) mass is 340 g/mol. The Kier molecular flexibility index (Phi) is 4.39. The van der Waals surface area contributed by atoms with E-state index in [2.05, 4.69) is 15.9 Å². The molecule has 0 unspecified atom stereocenters. The summed E-state index contributed by atoms with van der Waals surface area (Å²) in [5.41, 5.74) is 0.493. The van der Waals surface area contributed by atoms with Crippen LogP contribution in [0.25, 0.3) is 0 Å². The quantitative estimate of drug-likeness (QED) is 0.883. The van der Waals surface area contributed by atoms with E-state index in [4.69, 9.17) is 5.11 Å². The smallest absolute Gasteiger partial charge is 0.323 e. The molecular formula is C13H13BrN2O4. The minimum atomic E-state index is -1.05. The number of nitrogens with zero attached hydrogens (tertiary/aromatic N) is 2. The number of hydrogen-bond acceptors (Lipinski definition) is 3. The standard InChI is InChI=1S/C13H13BrN2O4/c14-10-4-2-1-3-9(10)13(20)16-6-5-15(8-12(18)19)11(17)7-16/h1-4H,5-8H2,(H,18,19). The van der Waals surface area contributed by atoms with Gasteiger partial charge in [-0.25, -0.2) is 0 Å². The number of piperazine rings is 1. The Balaban J connectivity index is 2.06. The van der Waals surface area contributed by atoms with E-state index >= 15 is 0 Å². The Labute approximate surface area is 124 Å². The number of hydrogen-bond donors (Lipinski definition) is 1. The number of carbonyl (C=O) groups excluding carboxylic acids is 2. The van der Waals surface area contributed by atoms with Crippen LogP contribution >= 0.6 is 15.9 Å². The summed E-state index contributed by atoms with van der Waals surface area (Å²) in [5, 5.41) is 8.69. The third kappa shape index (κ3) is 3.16. The molecule has 7 heteroatoms. The number of carboxylic acids is 1. The molecule has 1 saturated heterocycles. The van der Waals surface area contributed by atoms with Crippen LogP contribution in [0.1, 0.15) is 10.4 Å². The van der Waals surface area contributed by atoms with Gasteiger partial charge in [0.15, 0.2) is 0 Å². The maximum atomic E-state index is 12.3. The number of amides is 2. The molecule has 1 N–H and O–H groups in total. The SMILES string of the molecule is O=C(O)CN1CCN(C(=O)c2ccccc2Br)CC1=O. The van der Waals surface area contributed by atoms with Crippen molar-refractivity contribution in [2.24, 2.45) is 0 Å². The summed E-state index contributed by atoms with van der Waals surface area (Å²) < 4.78 is 0.672. The van der Waals surface area contributed by atoms with E-state index < -0.39 is 5.97 Å². The molecule has 0 saturated carbocycles. The van der Waals surface area contributed by atoms with E-state index in [1.165, 1.54) is 9.80 Å². The van der Waals surface area contributed by atoms with Crippen molar-refractivity contribution in [3.8, 4) is 0 Å². The van der Waals surface area contributed by atoms with E-state index in [0.29, 0.717) is 16.6 Å². The lowest BCUT2D eigenvalue weighted by Crippen LogP contribution is -2.53. The first-order valence-corrected chi connectivity index (χ1v) is 6.81. The maximum Gasteiger partial charge on any atom is 0.323 e. The lowest BCUT2D eigenvalue weighted by molar-refractivity contribution is -0.146. The second-order valence-corrected chi connectivity index (χ2v) is 5.27. The van der Waals surface area contributed by atoms with Crippen molar-refractivity contribution in [3.05, 3.63) is 34.3 Å². The van der Waals surface area contributed by atoms with Gasteiger partial charge in [-0.15, -0.1) is 0 Å². The Bertz CT molecular complexity index is 561. The summed E-state index contributed by atoms with van der Waals surface area (Å²) in [4.78, 5) is 37.4. The second-order valence-electron chi connectivity index (χ2n) is 4.42. The van der Waals surface area contributed by atoms with Crippen LogP contribution in [0.4, 0.5) is 0 Å². The Morgan fingerprint density at radius 1 is 1.25 bits per heavy atom. The van der Waals surface area contributed by atoms with Gasteiger partial charge in [0, 0.05) is 17.6 Å². The molecule has 2 amide bonds. The zero-order valence-corrected chi connectivity index (χ0v) is 12.2. The lowest BCUT2D eigenvalue weighted by atomic mass is 10.2. The molecule has 1 heterocycles. The van der Waals surface area contributed by atoms with Crippen LogP contribution in [0.3, 0.4) is 0 Å². The van der Waals surface area contributed by atoms with Gasteiger partial charge in [0.1, 0.15) is 13.1 Å². The van der Waals surface area contributed by atoms with E-state index in [9.17, 15) is 14.4 Å². The molecule has 0 aromatic heterocycles. The molecule has 0 atom stereocenters. The van der Waals surface area contributed by atoms with Gasteiger partial charge in [0.2, 0.25) is 5.91 Å². The fourth-order valence-corrected chi connectivity index (χ4v) is 2.47. The third-order valence-corrected chi connectivity index (χ3v) is 3.73. The van der Waals surface area contributed by atoms with Crippen molar-refractivity contribution in [2.75, 3.05) is 26.2 Å². The first-order valence-electron chi connectivity index (χ1n) is 6.02. The van der Waals surface area contributed by atoms with Crippen LogP contribution in [-0.4, -0.2) is 58.9 Å². The Morgan fingerprint density at radius 2 is 1.95 bits per heavy atom. The van der Waals surface area contributed by atoms with Crippen molar-refractivity contribution in [1.29, 1.82) is 0 Å².